The van der Waals surface area contributed by atoms with E-state index in [0.717, 1.165) is 16.4 Å². The number of anilines is 4. The summed E-state index contributed by atoms with van der Waals surface area (Å²) >= 11 is 12.7. The van der Waals surface area contributed by atoms with Crippen LogP contribution in [0, 0.1) is 23.7 Å². The molecule has 3 fully saturated rings. The van der Waals surface area contributed by atoms with E-state index in [4.69, 9.17) is 27.9 Å². The molecule has 16 heteroatoms. The first-order valence-electron chi connectivity index (χ1n) is 19.2. The van der Waals surface area contributed by atoms with Gasteiger partial charge in [0.05, 0.1) is 46.6 Å². The van der Waals surface area contributed by atoms with E-state index in [0.29, 0.717) is 39.7 Å². The second kappa shape index (κ2) is 15.0. The van der Waals surface area contributed by atoms with Crippen molar-refractivity contribution in [3.63, 3.8) is 0 Å². The molecule has 4 aliphatic rings. The van der Waals surface area contributed by atoms with Crippen LogP contribution < -0.4 is 20.4 Å². The summed E-state index contributed by atoms with van der Waals surface area (Å²) in [6.07, 6.45) is -2.31. The lowest BCUT2D eigenvalue weighted by atomic mass is 9.49. The van der Waals surface area contributed by atoms with Crippen molar-refractivity contribution in [2.75, 3.05) is 22.8 Å². The molecular weight excluding hydrogens is 834 g/mol. The molecule has 11 nitrogen and oxygen atoms in total. The zero-order chi connectivity index (χ0) is 43.0. The highest BCUT2D eigenvalue weighted by molar-refractivity contribution is 6.33. The van der Waals surface area contributed by atoms with Gasteiger partial charge in [-0.05, 0) is 85.0 Å². The number of allylic oxidation sites excluding steroid dienone is 2. The number of phenols is 1. The molecule has 2 saturated heterocycles. The largest absolute Gasteiger partial charge is 0.508 e. The van der Waals surface area contributed by atoms with E-state index in [1.807, 2.05) is 36.4 Å². The van der Waals surface area contributed by atoms with Gasteiger partial charge in [0.2, 0.25) is 11.8 Å². The lowest BCUT2D eigenvalue weighted by molar-refractivity contribution is -0.139. The van der Waals surface area contributed by atoms with Crippen molar-refractivity contribution in [3.8, 4) is 11.5 Å². The van der Waals surface area contributed by atoms with Crippen molar-refractivity contribution in [2.24, 2.45) is 23.7 Å². The monoisotopic (exact) mass is 867 g/mol. The van der Waals surface area contributed by atoms with E-state index in [1.54, 1.807) is 54.6 Å². The first-order valence-corrected chi connectivity index (χ1v) is 20.0. The molecule has 6 atom stereocenters. The summed E-state index contributed by atoms with van der Waals surface area (Å²) in [5, 5.41) is 14.4. The fourth-order valence-electron chi connectivity index (χ4n) is 9.70. The van der Waals surface area contributed by atoms with Crippen LogP contribution in [0.5, 0.6) is 11.5 Å². The summed E-state index contributed by atoms with van der Waals surface area (Å²) < 4.78 is 46.5. The second-order valence-electron chi connectivity index (χ2n) is 15.4. The van der Waals surface area contributed by atoms with Crippen LogP contribution in [0.25, 0.3) is 0 Å². The first kappa shape index (κ1) is 40.0. The molecule has 310 valence electrons. The number of nitrogens with zero attached hydrogens (tertiary/aromatic N) is 3. The maximum atomic E-state index is 15.5. The number of fused-ring (bicyclic) bond motifs is 4. The van der Waals surface area contributed by atoms with Gasteiger partial charge in [-0.2, -0.15) is 18.2 Å². The molecule has 3 N–H and O–H groups in total. The molecule has 0 unspecified atom stereocenters. The van der Waals surface area contributed by atoms with Crippen molar-refractivity contribution in [3.05, 3.63) is 148 Å². The third-order valence-electron chi connectivity index (χ3n) is 12.3. The number of amides is 4. The molecule has 1 saturated carbocycles. The fourth-order valence-corrected chi connectivity index (χ4v) is 10.0. The van der Waals surface area contributed by atoms with Gasteiger partial charge in [-0.25, -0.2) is 4.98 Å². The summed E-state index contributed by atoms with van der Waals surface area (Å²) in [5.74, 6) is -7.50. The van der Waals surface area contributed by atoms with Gasteiger partial charge < -0.3 is 15.2 Å². The average molecular weight is 869 g/mol. The molecular formula is C45H34Cl2F3N5O6. The number of methoxy groups -OCH3 is 1. The number of aromatic nitrogens is 1. The van der Waals surface area contributed by atoms with Gasteiger partial charge in [-0.1, -0.05) is 71.2 Å². The summed E-state index contributed by atoms with van der Waals surface area (Å²) in [4.78, 5) is 64.5. The molecule has 4 amide bonds. The highest BCUT2D eigenvalue weighted by Crippen LogP contribution is 2.65. The minimum Gasteiger partial charge on any atom is -0.508 e. The van der Waals surface area contributed by atoms with Gasteiger partial charge >= 0.3 is 6.18 Å². The number of carbonyl (C=O) groups is 4. The number of carbonyl (C=O) groups excluding carboxylic acids is 4. The van der Waals surface area contributed by atoms with Crippen molar-refractivity contribution in [1.29, 1.82) is 0 Å². The standard InChI is InChI=1S/C45H34Cl2F3N5O6/c1-61-36-20-29(56)15-16-31(36)38-30-17-18-32-37(42(59)54(40(32)57)28-13-11-27(12-14-28)52-26-5-3-2-4-6-26)33(30)21-34-41(58)55(43(60)44(34,38)23-7-9-25(46)10-8-23)53-39-35(47)19-24(22-51-39)45(48,49)50/h2-17,19-20,22,32-34,37-38,52,56H,18,21H2,1H3,(H,51,53)/t32-,33+,34-,37-,38+,44+/m0/s1. The van der Waals surface area contributed by atoms with E-state index in [1.165, 1.54) is 24.1 Å². The number of rotatable bonds is 8. The number of phenolic OH excluding ortho intramolecular Hbond substituents is 1. The lowest BCUT2D eigenvalue weighted by Gasteiger charge is -2.50. The number of hydrazine groups is 1. The number of para-hydroxylation sites is 1. The van der Waals surface area contributed by atoms with Gasteiger partial charge in [0.1, 0.15) is 11.5 Å². The number of aromatic hydroxyl groups is 1. The number of ether oxygens (including phenoxy) is 1. The molecule has 0 radical (unpaired) electrons. The lowest BCUT2D eigenvalue weighted by Crippen LogP contribution is -2.53. The molecule has 2 aliphatic heterocycles. The Morgan fingerprint density at radius 3 is 2.23 bits per heavy atom. The highest BCUT2D eigenvalue weighted by atomic mass is 35.5. The number of pyridine rings is 1. The van der Waals surface area contributed by atoms with Crippen molar-refractivity contribution < 1.29 is 42.2 Å². The molecule has 2 aliphatic carbocycles. The first-order chi connectivity index (χ1) is 29.2. The van der Waals surface area contributed by atoms with Crippen LogP contribution in [0.15, 0.2) is 121 Å². The zero-order valence-electron chi connectivity index (χ0n) is 32.0. The second-order valence-corrected chi connectivity index (χ2v) is 16.2. The van der Waals surface area contributed by atoms with Crippen LogP contribution in [0.4, 0.5) is 36.1 Å². The van der Waals surface area contributed by atoms with Crippen molar-refractivity contribution in [2.45, 2.75) is 30.4 Å². The number of halogens is 5. The summed E-state index contributed by atoms with van der Waals surface area (Å²) in [7, 11) is 1.39. The molecule has 5 aromatic rings. The van der Waals surface area contributed by atoms with E-state index in [2.05, 4.69) is 15.7 Å². The van der Waals surface area contributed by atoms with E-state index < -0.39 is 75.4 Å². The Balaban J connectivity index is 1.16. The summed E-state index contributed by atoms with van der Waals surface area (Å²) in [6, 6.07) is 27.8. The fraction of sp³-hybridized carbons (Fsp3) is 0.222. The van der Waals surface area contributed by atoms with E-state index in [9.17, 15) is 32.7 Å². The Labute approximate surface area is 356 Å². The number of benzene rings is 4. The van der Waals surface area contributed by atoms with Crippen LogP contribution in [-0.2, 0) is 30.8 Å². The molecule has 1 aromatic heterocycles. The average Bonchev–Trinajstić information content (AvgIpc) is 3.62. The Kier molecular flexibility index (Phi) is 9.82. The van der Waals surface area contributed by atoms with E-state index in [-0.39, 0.29) is 30.2 Å². The van der Waals surface area contributed by atoms with Crippen molar-refractivity contribution in [1.82, 2.24) is 9.99 Å². The maximum absolute atomic E-state index is 15.5. The van der Waals surface area contributed by atoms with Gasteiger partial charge in [-0.3, -0.25) is 29.5 Å². The molecule has 61 heavy (non-hydrogen) atoms. The predicted octanol–water partition coefficient (Wildman–Crippen LogP) is 9.05. The summed E-state index contributed by atoms with van der Waals surface area (Å²) in [5.41, 5.74) is 3.04. The van der Waals surface area contributed by atoms with Crippen LogP contribution in [-0.4, -0.2) is 45.8 Å². The Morgan fingerprint density at radius 1 is 0.852 bits per heavy atom. The van der Waals surface area contributed by atoms with Crippen LogP contribution in [0.1, 0.15) is 35.4 Å². The van der Waals surface area contributed by atoms with Gasteiger partial charge in [0, 0.05) is 40.1 Å². The Bertz CT molecular complexity index is 2650. The predicted molar refractivity (Wildman–Crippen MR) is 220 cm³/mol. The van der Waals surface area contributed by atoms with E-state index >= 15 is 4.79 Å². The van der Waals surface area contributed by atoms with Gasteiger partial charge in [-0.15, -0.1) is 0 Å². The topological polar surface area (TPSA) is 141 Å². The molecule has 4 aromatic carbocycles. The quantitative estimate of drug-likeness (QED) is 0.103. The summed E-state index contributed by atoms with van der Waals surface area (Å²) in [6.45, 7) is 0. The number of alkyl halides is 3. The molecule has 0 spiro atoms. The molecule has 0 bridgehead atoms. The van der Waals surface area contributed by atoms with Crippen LogP contribution in [0.3, 0.4) is 0 Å². The minimum atomic E-state index is -4.77. The third-order valence-corrected chi connectivity index (χ3v) is 12.8. The number of nitrogens with one attached hydrogen (secondary N) is 2. The Hall–Kier alpha value is -6.38. The normalized spacial score (nSPS) is 24.6. The molecule has 9 rings (SSSR count). The number of imide groups is 2. The zero-order valence-corrected chi connectivity index (χ0v) is 33.5. The van der Waals surface area contributed by atoms with Crippen LogP contribution in [0.2, 0.25) is 10.0 Å². The molecule has 3 heterocycles. The third kappa shape index (κ3) is 6.47. The Morgan fingerprint density at radius 2 is 1.56 bits per heavy atom. The number of hydrogen-bond acceptors (Lipinski definition) is 9. The number of hydrogen-bond donors (Lipinski definition) is 3. The van der Waals surface area contributed by atoms with Gasteiger partial charge in [0.25, 0.3) is 11.8 Å². The SMILES string of the molecule is COc1cc(O)ccc1[C@H]1C2=CC[C@@H]3C(=O)N(c4ccc(Nc5ccccc5)cc4)C(=O)[C@@H]3[C@@H]2C[C@H]2C(=O)N(Nc3ncc(C(F)(F)F)cc3Cl)C(=O)[C@@]12c1ccc(Cl)cc1. The van der Waals surface area contributed by atoms with Crippen LogP contribution >= 0.6 is 23.2 Å². The maximum Gasteiger partial charge on any atom is 0.417 e. The smallest absolute Gasteiger partial charge is 0.417 e. The van der Waals surface area contributed by atoms with Crippen molar-refractivity contribution >= 4 is 69.7 Å². The minimum absolute atomic E-state index is 0.0732. The highest BCUT2D eigenvalue weighted by Gasteiger charge is 2.71. The van der Waals surface area contributed by atoms with Gasteiger partial charge in [0.15, 0.2) is 5.82 Å².